The summed E-state index contributed by atoms with van der Waals surface area (Å²) in [5.74, 6) is 0. The molecular weight excluding hydrogens is 102 g/mol. The van der Waals surface area contributed by atoms with Crippen LogP contribution in [0.15, 0.2) is 0 Å². The zero-order valence-corrected chi connectivity index (χ0v) is 4.94. The zero-order valence-electron chi connectivity index (χ0n) is 4.94. The molecule has 0 unspecified atom stereocenters. The van der Waals surface area contributed by atoms with E-state index in [9.17, 15) is 0 Å². The molecule has 0 rings (SSSR count). The zero-order chi connectivity index (χ0) is 5.91. The van der Waals surface area contributed by atoms with Gasteiger partial charge in [0, 0.05) is 0 Å². The molecule has 0 saturated heterocycles. The van der Waals surface area contributed by atoms with E-state index in [1.807, 2.05) is 0 Å². The topological polar surface area (TPSA) is 46.2 Å². The minimum Gasteiger partial charge on any atom is -0.390 e. The lowest BCUT2D eigenvalue weighted by atomic mass is 10.1. The van der Waals surface area contributed by atoms with Gasteiger partial charge in [0.15, 0.2) is 0 Å². The summed E-state index contributed by atoms with van der Waals surface area (Å²) in [4.78, 5) is 0. The summed E-state index contributed by atoms with van der Waals surface area (Å²) in [7, 11) is 0. The van der Waals surface area contributed by atoms with Crippen LogP contribution in [0.5, 0.6) is 0 Å². The molecule has 2 heteroatoms. The summed E-state index contributed by atoms with van der Waals surface area (Å²) in [5.41, 5.74) is 4.58. The standard InChI is InChI=1S/C5H13NO.CH4/c1-5(2,7)3-4-6;/h7H,3-4,6H2,1-2H3;1H4. The van der Waals surface area contributed by atoms with Crippen LogP contribution < -0.4 is 5.73 Å². The molecule has 3 N–H and O–H groups in total. The highest BCUT2D eigenvalue weighted by atomic mass is 16.3. The van der Waals surface area contributed by atoms with E-state index in [0.717, 1.165) is 0 Å². The molecule has 0 amide bonds. The van der Waals surface area contributed by atoms with Crippen LogP contribution in [-0.2, 0) is 0 Å². The monoisotopic (exact) mass is 119 g/mol. The van der Waals surface area contributed by atoms with E-state index in [1.54, 1.807) is 13.8 Å². The lowest BCUT2D eigenvalue weighted by Crippen LogP contribution is -2.22. The molecule has 8 heavy (non-hydrogen) atoms. The van der Waals surface area contributed by atoms with Gasteiger partial charge in [-0.3, -0.25) is 0 Å². The fraction of sp³-hybridized carbons (Fsp3) is 1.00. The van der Waals surface area contributed by atoms with Crippen molar-refractivity contribution < 1.29 is 5.11 Å². The van der Waals surface area contributed by atoms with Crippen molar-refractivity contribution in [3.63, 3.8) is 0 Å². The molecule has 0 heterocycles. The number of hydrogen-bond acceptors (Lipinski definition) is 2. The van der Waals surface area contributed by atoms with Crippen LogP contribution in [0.2, 0.25) is 0 Å². The lowest BCUT2D eigenvalue weighted by Gasteiger charge is -2.13. The molecule has 0 aromatic heterocycles. The summed E-state index contributed by atoms with van der Waals surface area (Å²) in [6.45, 7) is 4.06. The first-order valence-corrected chi connectivity index (χ1v) is 2.49. The highest BCUT2D eigenvalue weighted by molar-refractivity contribution is 4.63. The number of nitrogens with two attached hydrogens (primary N) is 1. The minimum absolute atomic E-state index is 0. The average Bonchev–Trinajstić information content (AvgIpc) is 1.30. The van der Waals surface area contributed by atoms with Gasteiger partial charge in [-0.25, -0.2) is 0 Å². The van der Waals surface area contributed by atoms with Gasteiger partial charge < -0.3 is 10.8 Å². The molecule has 0 fully saturated rings. The summed E-state index contributed by atoms with van der Waals surface area (Å²) in [6, 6.07) is 0. The van der Waals surface area contributed by atoms with Gasteiger partial charge in [-0.1, -0.05) is 7.43 Å². The summed E-state index contributed by atoms with van der Waals surface area (Å²) < 4.78 is 0. The Kier molecular flexibility index (Phi) is 5.23. The Balaban J connectivity index is 0. The van der Waals surface area contributed by atoms with Crippen molar-refractivity contribution in [3.8, 4) is 0 Å². The quantitative estimate of drug-likeness (QED) is 0.563. The maximum absolute atomic E-state index is 8.94. The van der Waals surface area contributed by atoms with Gasteiger partial charge in [-0.2, -0.15) is 0 Å². The number of rotatable bonds is 2. The van der Waals surface area contributed by atoms with Crippen LogP contribution in [0.3, 0.4) is 0 Å². The first kappa shape index (κ1) is 10.8. The van der Waals surface area contributed by atoms with Crippen molar-refractivity contribution in [2.24, 2.45) is 5.73 Å². The first-order chi connectivity index (χ1) is 3.06. The maximum Gasteiger partial charge on any atom is 0.0603 e. The molecule has 0 radical (unpaired) electrons. The van der Waals surface area contributed by atoms with Gasteiger partial charge in [0.2, 0.25) is 0 Å². The van der Waals surface area contributed by atoms with Gasteiger partial charge in [0.05, 0.1) is 5.60 Å². The first-order valence-electron chi connectivity index (χ1n) is 2.49. The Morgan fingerprint density at radius 3 is 1.88 bits per heavy atom. The SMILES string of the molecule is C.CC(C)(O)CCN. The summed E-state index contributed by atoms with van der Waals surface area (Å²) in [5, 5.41) is 8.94. The fourth-order valence-electron chi connectivity index (χ4n) is 0.353. The van der Waals surface area contributed by atoms with Gasteiger partial charge in [-0.05, 0) is 26.8 Å². The van der Waals surface area contributed by atoms with E-state index in [1.165, 1.54) is 0 Å². The molecule has 0 aromatic carbocycles. The number of aliphatic hydroxyl groups is 1. The second-order valence-corrected chi connectivity index (χ2v) is 2.35. The van der Waals surface area contributed by atoms with Gasteiger partial charge in [0.25, 0.3) is 0 Å². The van der Waals surface area contributed by atoms with Crippen LogP contribution in [0.25, 0.3) is 0 Å². The summed E-state index contributed by atoms with van der Waals surface area (Å²) in [6.07, 6.45) is 0.674. The van der Waals surface area contributed by atoms with Crippen molar-refractivity contribution in [1.29, 1.82) is 0 Å². The maximum atomic E-state index is 8.94. The van der Waals surface area contributed by atoms with Gasteiger partial charge >= 0.3 is 0 Å². The minimum atomic E-state index is -0.575. The third kappa shape index (κ3) is 9.33. The van der Waals surface area contributed by atoms with E-state index in [-0.39, 0.29) is 7.43 Å². The van der Waals surface area contributed by atoms with Crippen LogP contribution in [0, 0.1) is 0 Å². The highest BCUT2D eigenvalue weighted by Crippen LogP contribution is 2.03. The molecule has 0 aliphatic heterocycles. The summed E-state index contributed by atoms with van der Waals surface area (Å²) >= 11 is 0. The number of hydrogen-bond donors (Lipinski definition) is 2. The van der Waals surface area contributed by atoms with E-state index in [2.05, 4.69) is 0 Å². The predicted octanol–water partition coefficient (Wildman–Crippen LogP) is 0.742. The molecule has 0 aromatic rings. The van der Waals surface area contributed by atoms with Crippen molar-refractivity contribution in [2.75, 3.05) is 6.54 Å². The third-order valence-electron chi connectivity index (χ3n) is 0.756. The smallest absolute Gasteiger partial charge is 0.0603 e. The second-order valence-electron chi connectivity index (χ2n) is 2.35. The van der Waals surface area contributed by atoms with E-state index < -0.39 is 5.60 Å². The van der Waals surface area contributed by atoms with Crippen LogP contribution >= 0.6 is 0 Å². The molecule has 0 bridgehead atoms. The Morgan fingerprint density at radius 1 is 1.50 bits per heavy atom. The van der Waals surface area contributed by atoms with E-state index in [0.29, 0.717) is 13.0 Å². The molecule has 0 aliphatic carbocycles. The normalized spacial score (nSPS) is 10.5. The van der Waals surface area contributed by atoms with Gasteiger partial charge in [-0.15, -0.1) is 0 Å². The van der Waals surface area contributed by atoms with Crippen LogP contribution in [-0.4, -0.2) is 17.3 Å². The average molecular weight is 119 g/mol. The largest absolute Gasteiger partial charge is 0.390 e. The van der Waals surface area contributed by atoms with Crippen molar-refractivity contribution in [1.82, 2.24) is 0 Å². The van der Waals surface area contributed by atoms with Crippen molar-refractivity contribution in [2.45, 2.75) is 33.3 Å². The molecule has 0 spiro atoms. The Bertz CT molecular complexity index is 47.0. The van der Waals surface area contributed by atoms with Crippen molar-refractivity contribution in [3.05, 3.63) is 0 Å². The molecule has 0 atom stereocenters. The highest BCUT2D eigenvalue weighted by Gasteiger charge is 2.08. The van der Waals surface area contributed by atoms with Crippen molar-refractivity contribution >= 4 is 0 Å². The Labute approximate surface area is 51.7 Å². The van der Waals surface area contributed by atoms with E-state index >= 15 is 0 Å². The predicted molar refractivity (Wildman–Crippen MR) is 36.7 cm³/mol. The second kappa shape index (κ2) is 3.87. The molecule has 2 nitrogen and oxygen atoms in total. The fourth-order valence-corrected chi connectivity index (χ4v) is 0.353. The Morgan fingerprint density at radius 2 is 1.88 bits per heavy atom. The van der Waals surface area contributed by atoms with Crippen LogP contribution in [0.1, 0.15) is 27.7 Å². The van der Waals surface area contributed by atoms with E-state index in [4.69, 9.17) is 10.8 Å². The lowest BCUT2D eigenvalue weighted by molar-refractivity contribution is 0.0737. The molecule has 0 saturated carbocycles. The molecule has 52 valence electrons. The van der Waals surface area contributed by atoms with Crippen LogP contribution in [0.4, 0.5) is 0 Å². The third-order valence-corrected chi connectivity index (χ3v) is 0.756. The molecule has 0 aliphatic rings. The Hall–Kier alpha value is -0.0800. The van der Waals surface area contributed by atoms with Gasteiger partial charge in [0.1, 0.15) is 0 Å². The molecular formula is C6H17NO.